The second-order valence-electron chi connectivity index (χ2n) is 6.08. The molecule has 0 bridgehead atoms. The van der Waals surface area contributed by atoms with Crippen molar-refractivity contribution in [2.45, 2.75) is 6.92 Å². The lowest BCUT2D eigenvalue weighted by molar-refractivity contribution is 0.416. The molecule has 0 radical (unpaired) electrons. The van der Waals surface area contributed by atoms with Crippen LogP contribution in [0.3, 0.4) is 0 Å². The van der Waals surface area contributed by atoms with Crippen LogP contribution in [0.4, 0.5) is 5.82 Å². The van der Waals surface area contributed by atoms with E-state index in [1.54, 1.807) is 7.11 Å². The molecule has 26 heavy (non-hydrogen) atoms. The molecule has 5 nitrogen and oxygen atoms in total. The van der Waals surface area contributed by atoms with Gasteiger partial charge in [-0.1, -0.05) is 48.0 Å². The molecule has 0 aliphatic heterocycles. The van der Waals surface area contributed by atoms with E-state index in [1.165, 1.54) is 11.9 Å². The molecule has 0 spiro atoms. The van der Waals surface area contributed by atoms with Gasteiger partial charge in [0.2, 0.25) is 0 Å². The summed E-state index contributed by atoms with van der Waals surface area (Å²) in [5.74, 6) is 1.16. The largest absolute Gasteiger partial charge is 0.496 e. The minimum absolute atomic E-state index is 0.402. The minimum atomic E-state index is 0.402. The lowest BCUT2D eigenvalue weighted by Gasteiger charge is -2.13. The van der Waals surface area contributed by atoms with Gasteiger partial charge in [-0.25, -0.2) is 15.0 Å². The van der Waals surface area contributed by atoms with Gasteiger partial charge in [0.15, 0.2) is 5.65 Å². The minimum Gasteiger partial charge on any atom is -0.496 e. The summed E-state index contributed by atoms with van der Waals surface area (Å²) in [5, 5.41) is 0.730. The lowest BCUT2D eigenvalue weighted by Crippen LogP contribution is -1.99. The smallest absolute Gasteiger partial charge is 0.165 e. The van der Waals surface area contributed by atoms with Crippen LogP contribution >= 0.6 is 0 Å². The number of hydrogen-bond donors (Lipinski definition) is 1. The number of nitrogens with two attached hydrogens (primary N) is 1. The fraction of sp³-hybridized carbons (Fsp3) is 0.0952. The van der Waals surface area contributed by atoms with E-state index in [1.807, 2.05) is 30.3 Å². The number of hydrogen-bond acceptors (Lipinski definition) is 5. The van der Waals surface area contributed by atoms with Gasteiger partial charge in [0.1, 0.15) is 17.9 Å². The fourth-order valence-electron chi connectivity index (χ4n) is 3.04. The first kappa shape index (κ1) is 16.0. The number of aryl methyl sites for hydroxylation is 1. The summed E-state index contributed by atoms with van der Waals surface area (Å²) in [7, 11) is 1.66. The van der Waals surface area contributed by atoms with E-state index in [0.29, 0.717) is 11.5 Å². The molecule has 2 heterocycles. The van der Waals surface area contributed by atoms with Crippen molar-refractivity contribution in [1.29, 1.82) is 0 Å². The van der Waals surface area contributed by atoms with Crippen molar-refractivity contribution < 1.29 is 4.74 Å². The first-order chi connectivity index (χ1) is 12.7. The Morgan fingerprint density at radius 1 is 0.923 bits per heavy atom. The van der Waals surface area contributed by atoms with Crippen molar-refractivity contribution in [2.24, 2.45) is 0 Å². The highest BCUT2D eigenvalue weighted by molar-refractivity contribution is 6.02. The Labute approximate surface area is 151 Å². The van der Waals surface area contributed by atoms with Crippen LogP contribution in [0.5, 0.6) is 5.75 Å². The quantitative estimate of drug-likeness (QED) is 0.602. The molecule has 2 aromatic carbocycles. The van der Waals surface area contributed by atoms with E-state index < -0.39 is 0 Å². The van der Waals surface area contributed by atoms with E-state index in [0.717, 1.165) is 33.5 Å². The maximum atomic E-state index is 6.16. The Balaban J connectivity index is 2.05. The molecule has 0 saturated carbocycles. The number of anilines is 1. The molecule has 4 rings (SSSR count). The normalized spacial score (nSPS) is 10.8. The van der Waals surface area contributed by atoms with Crippen molar-refractivity contribution in [3.8, 4) is 28.1 Å². The summed E-state index contributed by atoms with van der Waals surface area (Å²) < 4.78 is 5.55. The molecule has 2 N–H and O–H groups in total. The maximum Gasteiger partial charge on any atom is 0.165 e. The zero-order valence-electron chi connectivity index (χ0n) is 14.6. The second kappa shape index (κ2) is 6.44. The molecule has 128 valence electrons. The summed E-state index contributed by atoms with van der Waals surface area (Å²) in [6.07, 6.45) is 1.44. The van der Waals surface area contributed by atoms with Gasteiger partial charge in [-0.15, -0.1) is 0 Å². The van der Waals surface area contributed by atoms with Gasteiger partial charge < -0.3 is 10.5 Å². The van der Waals surface area contributed by atoms with Crippen molar-refractivity contribution >= 4 is 16.9 Å². The average Bonchev–Trinajstić information content (AvgIpc) is 2.68. The van der Waals surface area contributed by atoms with Crippen molar-refractivity contribution in [1.82, 2.24) is 15.0 Å². The van der Waals surface area contributed by atoms with Crippen LogP contribution in [-0.2, 0) is 0 Å². The summed E-state index contributed by atoms with van der Waals surface area (Å²) in [6.45, 7) is 2.06. The highest BCUT2D eigenvalue weighted by atomic mass is 16.5. The molecule has 0 aliphatic rings. The highest BCUT2D eigenvalue weighted by Gasteiger charge is 2.16. The van der Waals surface area contributed by atoms with E-state index in [2.05, 4.69) is 41.2 Å². The molecular weight excluding hydrogens is 324 g/mol. The number of ether oxygens (including phenoxy) is 1. The number of nitrogens with zero attached hydrogens (tertiary/aromatic N) is 3. The topological polar surface area (TPSA) is 73.9 Å². The summed E-state index contributed by atoms with van der Waals surface area (Å²) in [4.78, 5) is 13.2. The van der Waals surface area contributed by atoms with Gasteiger partial charge in [0.25, 0.3) is 0 Å². The van der Waals surface area contributed by atoms with Gasteiger partial charge in [0, 0.05) is 16.7 Å². The third-order valence-corrected chi connectivity index (χ3v) is 4.38. The van der Waals surface area contributed by atoms with E-state index in [9.17, 15) is 0 Å². The number of nitrogen functional groups attached to an aromatic ring is 1. The predicted molar refractivity (Wildman–Crippen MR) is 104 cm³/mol. The van der Waals surface area contributed by atoms with Gasteiger partial charge in [-0.3, -0.25) is 0 Å². The molecular formula is C21H18N4O. The number of benzene rings is 2. The zero-order chi connectivity index (χ0) is 18.1. The molecule has 0 amide bonds. The van der Waals surface area contributed by atoms with Crippen LogP contribution in [0.2, 0.25) is 0 Å². The summed E-state index contributed by atoms with van der Waals surface area (Å²) in [6, 6.07) is 18.1. The fourth-order valence-corrected chi connectivity index (χ4v) is 3.04. The van der Waals surface area contributed by atoms with Crippen LogP contribution in [0.1, 0.15) is 5.56 Å². The van der Waals surface area contributed by atoms with Crippen molar-refractivity contribution in [2.75, 3.05) is 12.8 Å². The second-order valence-corrected chi connectivity index (χ2v) is 6.08. The van der Waals surface area contributed by atoms with Gasteiger partial charge in [-0.05, 0) is 19.1 Å². The van der Waals surface area contributed by atoms with Crippen LogP contribution in [0.15, 0.2) is 60.9 Å². The Hall–Kier alpha value is -3.47. The third kappa shape index (κ3) is 2.73. The number of methoxy groups -OCH3 is 1. The van der Waals surface area contributed by atoms with E-state index in [4.69, 9.17) is 15.5 Å². The molecule has 4 aromatic rings. The zero-order valence-corrected chi connectivity index (χ0v) is 14.6. The van der Waals surface area contributed by atoms with Gasteiger partial charge in [0.05, 0.1) is 18.2 Å². The molecule has 0 unspecified atom stereocenters. The Bertz CT molecular complexity index is 1090. The van der Waals surface area contributed by atoms with Crippen molar-refractivity contribution in [3.63, 3.8) is 0 Å². The number of pyridine rings is 1. The van der Waals surface area contributed by atoms with Crippen molar-refractivity contribution in [3.05, 3.63) is 66.5 Å². The van der Waals surface area contributed by atoms with E-state index in [-0.39, 0.29) is 0 Å². The maximum absolute atomic E-state index is 6.16. The van der Waals surface area contributed by atoms with Crippen LogP contribution < -0.4 is 10.5 Å². The Morgan fingerprint density at radius 3 is 2.46 bits per heavy atom. The first-order valence-electron chi connectivity index (χ1n) is 8.29. The molecule has 0 fully saturated rings. The van der Waals surface area contributed by atoms with Crippen LogP contribution in [-0.4, -0.2) is 22.1 Å². The number of aromatic nitrogens is 3. The van der Waals surface area contributed by atoms with Crippen LogP contribution in [0.25, 0.3) is 33.4 Å². The standard InChI is InChI=1S/C21H18N4O/c1-13-7-9-14(10-8-13)17-11-16(15-5-3-4-6-18(15)26-2)19-20(22)23-12-24-21(19)25-17/h3-12H,1-2H3,(H2,22,23,24,25). The summed E-state index contributed by atoms with van der Waals surface area (Å²) in [5.41, 5.74) is 11.6. The predicted octanol–water partition coefficient (Wildman–Crippen LogP) is 4.26. The number of fused-ring (bicyclic) bond motifs is 1. The number of rotatable bonds is 3. The average molecular weight is 342 g/mol. The molecule has 5 heteroatoms. The van der Waals surface area contributed by atoms with E-state index >= 15 is 0 Å². The number of para-hydroxylation sites is 1. The highest BCUT2D eigenvalue weighted by Crippen LogP contribution is 2.37. The molecule has 0 aliphatic carbocycles. The lowest BCUT2D eigenvalue weighted by atomic mass is 9.98. The first-order valence-corrected chi connectivity index (χ1v) is 8.29. The Morgan fingerprint density at radius 2 is 1.69 bits per heavy atom. The summed E-state index contributed by atoms with van der Waals surface area (Å²) >= 11 is 0. The monoisotopic (exact) mass is 342 g/mol. The third-order valence-electron chi connectivity index (χ3n) is 4.38. The molecule has 0 saturated heterocycles. The molecule has 2 aromatic heterocycles. The SMILES string of the molecule is COc1ccccc1-c1cc(-c2ccc(C)cc2)nc2ncnc(N)c12. The van der Waals surface area contributed by atoms with Gasteiger partial charge >= 0.3 is 0 Å². The molecule has 0 atom stereocenters. The van der Waals surface area contributed by atoms with Crippen LogP contribution in [0, 0.1) is 6.92 Å². The Kier molecular flexibility index (Phi) is 3.97. The van der Waals surface area contributed by atoms with Gasteiger partial charge in [-0.2, -0.15) is 0 Å².